The third kappa shape index (κ3) is 5.51. The number of hydrogen-bond donors (Lipinski definition) is 1. The summed E-state index contributed by atoms with van der Waals surface area (Å²) in [5, 5.41) is 3.04. The first-order valence-electron chi connectivity index (χ1n) is 5.92. The second-order valence-corrected chi connectivity index (χ2v) is 4.65. The average molecular weight is 316 g/mol. The van der Waals surface area contributed by atoms with Gasteiger partial charge in [-0.2, -0.15) is 0 Å². The van der Waals surface area contributed by atoms with Crippen molar-refractivity contribution in [2.45, 2.75) is 19.9 Å². The third-order valence-corrected chi connectivity index (χ3v) is 2.80. The molecule has 0 aromatic heterocycles. The van der Waals surface area contributed by atoms with Crippen LogP contribution in [0.15, 0.2) is 28.7 Å². The van der Waals surface area contributed by atoms with E-state index in [1.807, 2.05) is 24.3 Å². The van der Waals surface area contributed by atoms with Crippen molar-refractivity contribution in [3.63, 3.8) is 0 Å². The number of nitrogens with one attached hydrogen (secondary N) is 1. The summed E-state index contributed by atoms with van der Waals surface area (Å²) >= 11 is 3.36. The van der Waals surface area contributed by atoms with Crippen molar-refractivity contribution >= 4 is 21.9 Å². The highest BCUT2D eigenvalue weighted by Gasteiger charge is 2.12. The minimum absolute atomic E-state index is 0.235. The van der Waals surface area contributed by atoms with Crippen molar-refractivity contribution in [1.29, 1.82) is 0 Å². The lowest BCUT2D eigenvalue weighted by atomic mass is 10.3. The second kappa shape index (κ2) is 8.11. The van der Waals surface area contributed by atoms with Crippen LogP contribution in [0.4, 0.5) is 0 Å². The van der Waals surface area contributed by atoms with E-state index < -0.39 is 0 Å². The summed E-state index contributed by atoms with van der Waals surface area (Å²) in [4.78, 5) is 11.3. The molecule has 1 N–H and O–H groups in total. The molecule has 0 saturated carbocycles. The van der Waals surface area contributed by atoms with Crippen LogP contribution in [0.25, 0.3) is 0 Å². The molecule has 0 radical (unpaired) electrons. The summed E-state index contributed by atoms with van der Waals surface area (Å²) in [6, 6.07) is 7.31. The highest BCUT2D eigenvalue weighted by Crippen LogP contribution is 2.15. The van der Waals surface area contributed by atoms with Gasteiger partial charge in [-0.3, -0.25) is 4.79 Å². The van der Waals surface area contributed by atoms with E-state index in [9.17, 15) is 4.79 Å². The molecular weight excluding hydrogens is 298 g/mol. The van der Waals surface area contributed by atoms with E-state index in [1.54, 1.807) is 13.8 Å². The second-order valence-electron chi connectivity index (χ2n) is 3.73. The van der Waals surface area contributed by atoms with Gasteiger partial charge in [-0.1, -0.05) is 15.9 Å². The van der Waals surface area contributed by atoms with Gasteiger partial charge in [0.25, 0.3) is 0 Å². The van der Waals surface area contributed by atoms with Crippen LogP contribution in [-0.2, 0) is 9.53 Å². The molecule has 0 aliphatic heterocycles. The predicted octanol–water partition coefficient (Wildman–Crippen LogP) is 2.37. The molecule has 0 amide bonds. The number of hydrogen-bond acceptors (Lipinski definition) is 4. The third-order valence-electron chi connectivity index (χ3n) is 2.28. The van der Waals surface area contributed by atoms with Gasteiger partial charge in [-0.05, 0) is 38.1 Å². The van der Waals surface area contributed by atoms with E-state index in [-0.39, 0.29) is 12.0 Å². The molecule has 1 aromatic rings. The van der Waals surface area contributed by atoms with Gasteiger partial charge in [0.15, 0.2) is 0 Å². The number of halogens is 1. The molecule has 0 fully saturated rings. The highest BCUT2D eigenvalue weighted by atomic mass is 79.9. The first-order valence-corrected chi connectivity index (χ1v) is 6.71. The van der Waals surface area contributed by atoms with Gasteiger partial charge in [0.2, 0.25) is 0 Å². The van der Waals surface area contributed by atoms with E-state index in [0.717, 1.165) is 10.2 Å². The summed E-state index contributed by atoms with van der Waals surface area (Å²) in [6.07, 6.45) is 0. The molecular formula is C13H18BrNO3. The van der Waals surface area contributed by atoms with Crippen LogP contribution in [0.2, 0.25) is 0 Å². The maximum absolute atomic E-state index is 11.3. The molecule has 0 bridgehead atoms. The summed E-state index contributed by atoms with van der Waals surface area (Å²) < 4.78 is 11.4. The van der Waals surface area contributed by atoms with E-state index in [1.165, 1.54) is 0 Å². The van der Waals surface area contributed by atoms with Crippen LogP contribution >= 0.6 is 15.9 Å². The Hall–Kier alpha value is -1.07. The van der Waals surface area contributed by atoms with Gasteiger partial charge in [-0.15, -0.1) is 0 Å². The number of rotatable bonds is 7. The Kier molecular flexibility index (Phi) is 6.75. The van der Waals surface area contributed by atoms with Crippen molar-refractivity contribution in [2.75, 3.05) is 19.8 Å². The van der Waals surface area contributed by atoms with Gasteiger partial charge in [0, 0.05) is 11.0 Å². The van der Waals surface area contributed by atoms with Gasteiger partial charge < -0.3 is 14.8 Å². The summed E-state index contributed by atoms with van der Waals surface area (Å²) in [6.45, 7) is 5.07. The largest absolute Gasteiger partial charge is 0.492 e. The van der Waals surface area contributed by atoms with Crippen molar-refractivity contribution in [2.24, 2.45) is 0 Å². The number of carbonyl (C=O) groups is 1. The van der Waals surface area contributed by atoms with E-state index in [2.05, 4.69) is 21.2 Å². The molecule has 0 aliphatic rings. The number of benzene rings is 1. The van der Waals surface area contributed by atoms with Gasteiger partial charge in [-0.25, -0.2) is 0 Å². The zero-order valence-corrected chi connectivity index (χ0v) is 12.2. The Morgan fingerprint density at radius 3 is 2.67 bits per heavy atom. The SMILES string of the molecule is CCOC(=O)C(C)NCCOc1ccc(Br)cc1. The fraction of sp³-hybridized carbons (Fsp3) is 0.462. The zero-order valence-electron chi connectivity index (χ0n) is 10.6. The molecule has 1 atom stereocenters. The topological polar surface area (TPSA) is 47.6 Å². The Morgan fingerprint density at radius 1 is 1.39 bits per heavy atom. The molecule has 1 aromatic carbocycles. The summed E-state index contributed by atoms with van der Waals surface area (Å²) in [5.74, 6) is 0.574. The summed E-state index contributed by atoms with van der Waals surface area (Å²) in [7, 11) is 0. The lowest BCUT2D eigenvalue weighted by Gasteiger charge is -2.13. The highest BCUT2D eigenvalue weighted by molar-refractivity contribution is 9.10. The molecule has 0 aliphatic carbocycles. The lowest BCUT2D eigenvalue weighted by Crippen LogP contribution is -2.37. The molecule has 100 valence electrons. The quantitative estimate of drug-likeness (QED) is 0.620. The smallest absolute Gasteiger partial charge is 0.322 e. The average Bonchev–Trinajstić information content (AvgIpc) is 2.36. The van der Waals surface area contributed by atoms with Crippen LogP contribution in [-0.4, -0.2) is 31.8 Å². The molecule has 1 unspecified atom stereocenters. The number of carbonyl (C=O) groups excluding carboxylic acids is 1. The molecule has 5 heteroatoms. The molecule has 4 nitrogen and oxygen atoms in total. The Labute approximate surface area is 116 Å². The Bertz CT molecular complexity index is 367. The molecule has 18 heavy (non-hydrogen) atoms. The first kappa shape index (κ1) is 15.0. The van der Waals surface area contributed by atoms with Crippen LogP contribution in [0, 0.1) is 0 Å². The molecule has 0 heterocycles. The van der Waals surface area contributed by atoms with Crippen LogP contribution in [0.5, 0.6) is 5.75 Å². The Morgan fingerprint density at radius 2 is 2.06 bits per heavy atom. The number of ether oxygens (including phenoxy) is 2. The predicted molar refractivity (Wildman–Crippen MR) is 73.7 cm³/mol. The minimum atomic E-state index is -0.307. The van der Waals surface area contributed by atoms with Crippen molar-refractivity contribution < 1.29 is 14.3 Å². The van der Waals surface area contributed by atoms with E-state index in [0.29, 0.717) is 19.8 Å². The monoisotopic (exact) mass is 315 g/mol. The minimum Gasteiger partial charge on any atom is -0.492 e. The van der Waals surface area contributed by atoms with Crippen LogP contribution in [0.1, 0.15) is 13.8 Å². The standard InChI is InChI=1S/C13H18BrNO3/c1-3-17-13(16)10(2)15-8-9-18-12-6-4-11(14)5-7-12/h4-7,10,15H,3,8-9H2,1-2H3. The van der Waals surface area contributed by atoms with Gasteiger partial charge in [0.05, 0.1) is 6.61 Å². The van der Waals surface area contributed by atoms with Gasteiger partial charge in [0.1, 0.15) is 18.4 Å². The fourth-order valence-electron chi connectivity index (χ4n) is 1.33. The zero-order chi connectivity index (χ0) is 13.4. The molecule has 0 saturated heterocycles. The summed E-state index contributed by atoms with van der Waals surface area (Å²) in [5.41, 5.74) is 0. The van der Waals surface area contributed by atoms with Crippen molar-refractivity contribution in [1.82, 2.24) is 5.32 Å². The van der Waals surface area contributed by atoms with Gasteiger partial charge >= 0.3 is 5.97 Å². The molecule has 1 rings (SSSR count). The maximum atomic E-state index is 11.3. The normalized spacial score (nSPS) is 11.9. The van der Waals surface area contributed by atoms with E-state index >= 15 is 0 Å². The van der Waals surface area contributed by atoms with Crippen LogP contribution < -0.4 is 10.1 Å². The van der Waals surface area contributed by atoms with Crippen LogP contribution in [0.3, 0.4) is 0 Å². The molecule has 0 spiro atoms. The fourth-order valence-corrected chi connectivity index (χ4v) is 1.59. The van der Waals surface area contributed by atoms with Crippen molar-refractivity contribution in [3.8, 4) is 5.75 Å². The van der Waals surface area contributed by atoms with E-state index in [4.69, 9.17) is 9.47 Å². The van der Waals surface area contributed by atoms with Crippen molar-refractivity contribution in [3.05, 3.63) is 28.7 Å². The maximum Gasteiger partial charge on any atom is 0.322 e. The Balaban J connectivity index is 2.18. The lowest BCUT2D eigenvalue weighted by molar-refractivity contribution is -0.145. The number of esters is 1. The first-order chi connectivity index (χ1) is 8.63.